The zero-order valence-corrected chi connectivity index (χ0v) is 10.2. The maximum atomic E-state index is 11.8. The molecular weight excluding hydrogens is 244 g/mol. The molecule has 0 aliphatic heterocycles. The fraction of sp³-hybridized carbons (Fsp3) is 0.154. The Morgan fingerprint density at radius 2 is 1.89 bits per heavy atom. The molecular formula is C13H14N4O2. The van der Waals surface area contributed by atoms with Gasteiger partial charge in [0.05, 0.1) is 24.1 Å². The third kappa shape index (κ3) is 3.75. The fourth-order valence-corrected chi connectivity index (χ4v) is 1.58. The second kappa shape index (κ2) is 5.92. The number of nitrogens with zero attached hydrogens (tertiary/aromatic N) is 2. The van der Waals surface area contributed by atoms with Crippen molar-refractivity contribution in [3.63, 3.8) is 0 Å². The van der Waals surface area contributed by atoms with Crippen molar-refractivity contribution >= 4 is 11.6 Å². The highest BCUT2D eigenvalue weighted by molar-refractivity contribution is 5.94. The summed E-state index contributed by atoms with van der Waals surface area (Å²) in [4.78, 5) is 19.4. The molecule has 0 saturated heterocycles. The minimum Gasteiger partial charge on any atom is -0.508 e. The van der Waals surface area contributed by atoms with Gasteiger partial charge in [0.15, 0.2) is 0 Å². The maximum Gasteiger partial charge on any atom is 0.241 e. The van der Waals surface area contributed by atoms with Crippen LogP contribution in [0.25, 0.3) is 0 Å². The molecule has 0 unspecified atom stereocenters. The van der Waals surface area contributed by atoms with Crippen LogP contribution in [0.1, 0.15) is 5.56 Å². The van der Waals surface area contributed by atoms with E-state index in [9.17, 15) is 9.90 Å². The Labute approximate surface area is 110 Å². The molecule has 0 spiro atoms. The third-order valence-corrected chi connectivity index (χ3v) is 2.56. The molecule has 1 atom stereocenters. The van der Waals surface area contributed by atoms with Crippen molar-refractivity contribution in [2.45, 2.75) is 12.5 Å². The quantitative estimate of drug-likeness (QED) is 0.749. The van der Waals surface area contributed by atoms with E-state index >= 15 is 0 Å². The van der Waals surface area contributed by atoms with Gasteiger partial charge < -0.3 is 16.2 Å². The maximum absolute atomic E-state index is 11.8. The molecule has 0 radical (unpaired) electrons. The summed E-state index contributed by atoms with van der Waals surface area (Å²) in [6.45, 7) is 0. The first kappa shape index (κ1) is 13.0. The topological polar surface area (TPSA) is 101 Å². The van der Waals surface area contributed by atoms with E-state index in [-0.39, 0.29) is 11.7 Å². The van der Waals surface area contributed by atoms with Gasteiger partial charge in [-0.15, -0.1) is 0 Å². The molecule has 6 nitrogen and oxygen atoms in total. The van der Waals surface area contributed by atoms with Gasteiger partial charge in [-0.05, 0) is 24.1 Å². The zero-order valence-electron chi connectivity index (χ0n) is 10.2. The predicted octanol–water partition coefficient (Wildman–Crippen LogP) is 0.691. The predicted molar refractivity (Wildman–Crippen MR) is 70.4 cm³/mol. The summed E-state index contributed by atoms with van der Waals surface area (Å²) in [5, 5.41) is 11.8. The van der Waals surface area contributed by atoms with E-state index in [1.54, 1.807) is 24.3 Å². The minimum atomic E-state index is -0.676. The normalized spacial score (nSPS) is 11.8. The Bertz CT molecular complexity index is 542. The standard InChI is InChI=1S/C13H14N4O2/c14-12(5-9-1-3-11(18)4-2-9)13(19)17-10-6-15-8-16-7-10/h1-4,6-8,12,18H,5,14H2,(H,17,19)/t12-/m0/s1. The summed E-state index contributed by atoms with van der Waals surface area (Å²) in [7, 11) is 0. The second-order valence-electron chi connectivity index (χ2n) is 4.09. The molecule has 0 saturated carbocycles. The molecule has 0 fully saturated rings. The number of carbonyl (C=O) groups excluding carboxylic acids is 1. The number of hydrogen-bond acceptors (Lipinski definition) is 5. The number of anilines is 1. The molecule has 2 rings (SSSR count). The van der Waals surface area contributed by atoms with Gasteiger partial charge in [-0.25, -0.2) is 9.97 Å². The lowest BCUT2D eigenvalue weighted by molar-refractivity contribution is -0.117. The van der Waals surface area contributed by atoms with Crippen LogP contribution in [-0.4, -0.2) is 27.0 Å². The zero-order chi connectivity index (χ0) is 13.7. The number of benzene rings is 1. The largest absolute Gasteiger partial charge is 0.508 e. The number of nitrogens with one attached hydrogen (secondary N) is 1. The van der Waals surface area contributed by atoms with Crippen molar-refractivity contribution < 1.29 is 9.90 Å². The van der Waals surface area contributed by atoms with E-state index in [1.807, 2.05) is 0 Å². The van der Waals surface area contributed by atoms with Crippen molar-refractivity contribution in [3.05, 3.63) is 48.5 Å². The van der Waals surface area contributed by atoms with Crippen molar-refractivity contribution in [2.75, 3.05) is 5.32 Å². The van der Waals surface area contributed by atoms with E-state index < -0.39 is 6.04 Å². The Hall–Kier alpha value is -2.47. The Morgan fingerprint density at radius 1 is 1.26 bits per heavy atom. The van der Waals surface area contributed by atoms with Crippen LogP contribution in [0.4, 0.5) is 5.69 Å². The highest BCUT2D eigenvalue weighted by Crippen LogP contribution is 2.11. The van der Waals surface area contributed by atoms with Crippen molar-refractivity contribution in [2.24, 2.45) is 5.73 Å². The molecule has 1 heterocycles. The van der Waals surface area contributed by atoms with Crippen LogP contribution in [0, 0.1) is 0 Å². The Kier molecular flexibility index (Phi) is 4.04. The first-order valence-corrected chi connectivity index (χ1v) is 5.74. The summed E-state index contributed by atoms with van der Waals surface area (Å²) < 4.78 is 0. The summed E-state index contributed by atoms with van der Waals surface area (Å²) in [6, 6.07) is 5.91. The highest BCUT2D eigenvalue weighted by atomic mass is 16.3. The van der Waals surface area contributed by atoms with Crippen LogP contribution in [0.5, 0.6) is 5.75 Å². The van der Waals surface area contributed by atoms with Crippen LogP contribution in [0.2, 0.25) is 0 Å². The van der Waals surface area contributed by atoms with Crippen LogP contribution in [-0.2, 0) is 11.2 Å². The van der Waals surface area contributed by atoms with E-state index in [2.05, 4.69) is 15.3 Å². The molecule has 4 N–H and O–H groups in total. The lowest BCUT2D eigenvalue weighted by Gasteiger charge is -2.11. The molecule has 6 heteroatoms. The molecule has 0 aliphatic carbocycles. The van der Waals surface area contributed by atoms with Crippen LogP contribution < -0.4 is 11.1 Å². The van der Waals surface area contributed by atoms with Gasteiger partial charge in [-0.1, -0.05) is 12.1 Å². The van der Waals surface area contributed by atoms with Crippen LogP contribution >= 0.6 is 0 Å². The minimum absolute atomic E-state index is 0.184. The number of hydrogen-bond donors (Lipinski definition) is 3. The molecule has 0 aliphatic rings. The fourth-order valence-electron chi connectivity index (χ4n) is 1.58. The van der Waals surface area contributed by atoms with Crippen molar-refractivity contribution in [3.8, 4) is 5.75 Å². The second-order valence-corrected chi connectivity index (χ2v) is 4.09. The Balaban J connectivity index is 1.94. The van der Waals surface area contributed by atoms with Gasteiger partial charge in [-0.2, -0.15) is 0 Å². The molecule has 2 aromatic rings. The number of aromatic nitrogens is 2. The van der Waals surface area contributed by atoms with E-state index in [0.29, 0.717) is 12.1 Å². The number of phenols is 1. The smallest absolute Gasteiger partial charge is 0.241 e. The van der Waals surface area contributed by atoms with Gasteiger partial charge in [0.2, 0.25) is 5.91 Å². The van der Waals surface area contributed by atoms with Crippen molar-refractivity contribution in [1.29, 1.82) is 0 Å². The summed E-state index contributed by atoms with van der Waals surface area (Å²) in [5.41, 5.74) is 7.21. The molecule has 1 aromatic carbocycles. The average molecular weight is 258 g/mol. The number of rotatable bonds is 4. The Morgan fingerprint density at radius 3 is 2.53 bits per heavy atom. The molecule has 19 heavy (non-hydrogen) atoms. The number of phenolic OH excluding ortho intramolecular Hbond substituents is 1. The number of carbonyl (C=O) groups is 1. The lowest BCUT2D eigenvalue weighted by atomic mass is 10.1. The number of aromatic hydroxyl groups is 1. The number of amides is 1. The van der Waals surface area contributed by atoms with Gasteiger partial charge in [-0.3, -0.25) is 4.79 Å². The van der Waals surface area contributed by atoms with Crippen molar-refractivity contribution in [1.82, 2.24) is 9.97 Å². The first-order valence-electron chi connectivity index (χ1n) is 5.74. The summed E-state index contributed by atoms with van der Waals surface area (Å²) in [5.74, 6) is -0.119. The lowest BCUT2D eigenvalue weighted by Crippen LogP contribution is -2.37. The molecule has 98 valence electrons. The van der Waals surface area contributed by atoms with Gasteiger partial charge >= 0.3 is 0 Å². The number of nitrogens with two attached hydrogens (primary N) is 1. The first-order chi connectivity index (χ1) is 9.15. The van der Waals surface area contributed by atoms with Gasteiger partial charge in [0, 0.05) is 0 Å². The van der Waals surface area contributed by atoms with E-state index in [1.165, 1.54) is 18.7 Å². The van der Waals surface area contributed by atoms with E-state index in [4.69, 9.17) is 5.73 Å². The highest BCUT2D eigenvalue weighted by Gasteiger charge is 2.14. The van der Waals surface area contributed by atoms with Crippen LogP contribution in [0.3, 0.4) is 0 Å². The SMILES string of the molecule is N[C@@H](Cc1ccc(O)cc1)C(=O)Nc1cncnc1. The van der Waals surface area contributed by atoms with Gasteiger partial charge in [0.25, 0.3) is 0 Å². The molecule has 0 bridgehead atoms. The summed E-state index contributed by atoms with van der Waals surface area (Å²) in [6.07, 6.45) is 4.77. The van der Waals surface area contributed by atoms with Gasteiger partial charge in [0.1, 0.15) is 12.1 Å². The summed E-state index contributed by atoms with van der Waals surface area (Å²) >= 11 is 0. The van der Waals surface area contributed by atoms with E-state index in [0.717, 1.165) is 5.56 Å². The molecule has 1 aromatic heterocycles. The monoisotopic (exact) mass is 258 g/mol. The van der Waals surface area contributed by atoms with Crippen LogP contribution in [0.15, 0.2) is 43.0 Å². The third-order valence-electron chi connectivity index (χ3n) is 2.56. The molecule has 1 amide bonds. The average Bonchev–Trinajstić information content (AvgIpc) is 2.42.